The van der Waals surface area contributed by atoms with Crippen molar-refractivity contribution in [1.82, 2.24) is 0 Å². The summed E-state index contributed by atoms with van der Waals surface area (Å²) in [6.45, 7) is 0. The van der Waals surface area contributed by atoms with Crippen molar-refractivity contribution >= 4 is 60.9 Å². The lowest BCUT2D eigenvalue weighted by atomic mass is 9.70. The van der Waals surface area contributed by atoms with E-state index in [1.807, 2.05) is 12.1 Å². The molecule has 14 rings (SSSR count). The summed E-state index contributed by atoms with van der Waals surface area (Å²) in [5.74, 6) is 0. The zero-order valence-corrected chi connectivity index (χ0v) is 34.6. The second-order valence-corrected chi connectivity index (χ2v) is 17.1. The summed E-state index contributed by atoms with van der Waals surface area (Å²) in [6, 6.07) is 81.5. The van der Waals surface area contributed by atoms with Crippen LogP contribution in [0.4, 0.5) is 17.1 Å². The summed E-state index contributed by atoms with van der Waals surface area (Å²) in [4.78, 5) is 2.43. The summed E-state index contributed by atoms with van der Waals surface area (Å²) >= 11 is 0. The zero-order chi connectivity index (χ0) is 41.9. The predicted molar refractivity (Wildman–Crippen MR) is 263 cm³/mol. The number of hydrogen-bond acceptors (Lipinski definition) is 3. The highest BCUT2D eigenvalue weighted by Crippen LogP contribution is 2.63. The molecule has 10 aromatic carbocycles. The van der Waals surface area contributed by atoms with E-state index < -0.39 is 5.41 Å². The summed E-state index contributed by atoms with van der Waals surface area (Å²) in [5, 5.41) is 4.40. The molecule has 0 unspecified atom stereocenters. The van der Waals surface area contributed by atoms with Crippen LogP contribution in [0.2, 0.25) is 0 Å². The molecule has 0 saturated heterocycles. The summed E-state index contributed by atoms with van der Waals surface area (Å²) in [6.07, 6.45) is 0. The molecule has 0 radical (unpaired) electrons. The van der Waals surface area contributed by atoms with Crippen LogP contribution in [0.25, 0.3) is 88.4 Å². The van der Waals surface area contributed by atoms with Crippen LogP contribution in [0, 0.1) is 0 Å². The van der Waals surface area contributed by atoms with Gasteiger partial charge in [-0.05, 0) is 116 Å². The van der Waals surface area contributed by atoms with Gasteiger partial charge < -0.3 is 13.7 Å². The molecule has 1 spiro atoms. The van der Waals surface area contributed by atoms with Crippen LogP contribution in [0.1, 0.15) is 22.3 Å². The van der Waals surface area contributed by atoms with Gasteiger partial charge in [0.25, 0.3) is 0 Å². The van der Waals surface area contributed by atoms with Crippen LogP contribution in [-0.4, -0.2) is 0 Å². The molecule has 2 aromatic heterocycles. The van der Waals surface area contributed by atoms with Crippen LogP contribution in [0.15, 0.2) is 233 Å². The number of benzene rings is 10. The molecule has 0 aliphatic heterocycles. The Hall–Kier alpha value is -8.40. The van der Waals surface area contributed by atoms with E-state index in [0.717, 1.165) is 83.2 Å². The molecule has 2 heterocycles. The minimum Gasteiger partial charge on any atom is -0.456 e. The minimum atomic E-state index is -0.462. The molecule has 298 valence electrons. The number of nitrogens with zero attached hydrogens (tertiary/aromatic N) is 1. The molecule has 2 aliphatic carbocycles. The third kappa shape index (κ3) is 4.81. The highest BCUT2D eigenvalue weighted by molar-refractivity contribution is 6.14. The lowest BCUT2D eigenvalue weighted by Crippen LogP contribution is -2.26. The Morgan fingerprint density at radius 3 is 1.62 bits per heavy atom. The van der Waals surface area contributed by atoms with Crippen LogP contribution in [-0.2, 0) is 5.41 Å². The van der Waals surface area contributed by atoms with Crippen LogP contribution >= 0.6 is 0 Å². The Bertz CT molecular complexity index is 3790. The molecule has 0 amide bonds. The number of anilines is 3. The second-order valence-electron chi connectivity index (χ2n) is 17.1. The molecule has 64 heavy (non-hydrogen) atoms. The van der Waals surface area contributed by atoms with Crippen molar-refractivity contribution in [1.29, 1.82) is 0 Å². The number of hydrogen-bond donors (Lipinski definition) is 0. The van der Waals surface area contributed by atoms with Crippen molar-refractivity contribution in [3.63, 3.8) is 0 Å². The van der Waals surface area contributed by atoms with Crippen molar-refractivity contribution in [3.05, 3.63) is 247 Å². The van der Waals surface area contributed by atoms with Crippen molar-refractivity contribution in [3.8, 4) is 44.5 Å². The average molecular weight is 816 g/mol. The van der Waals surface area contributed by atoms with Gasteiger partial charge >= 0.3 is 0 Å². The topological polar surface area (TPSA) is 29.5 Å². The standard InChI is InChI=1S/C61H37NO2/c1-2-14-39(15-3-1)43-20-12-21-48-50-36-40(30-35-57(50)64-60(43)48)38-28-31-41(32-29-38)62(55-25-13-27-58-59(55)49-19-7-11-26-56(49)63-58)42-33-34-47-46-18-6-10-24-53(46)61(54(47)37-42)51-22-8-4-16-44(51)45-17-5-9-23-52(45)61/h1-37H. The first-order valence-electron chi connectivity index (χ1n) is 22.0. The van der Waals surface area contributed by atoms with Crippen LogP contribution in [0.3, 0.4) is 0 Å². The maximum Gasteiger partial charge on any atom is 0.143 e. The van der Waals surface area contributed by atoms with E-state index in [1.54, 1.807) is 0 Å². The zero-order valence-electron chi connectivity index (χ0n) is 34.6. The fourth-order valence-corrected chi connectivity index (χ4v) is 11.2. The van der Waals surface area contributed by atoms with Crippen LogP contribution < -0.4 is 4.90 Å². The maximum absolute atomic E-state index is 6.55. The Morgan fingerprint density at radius 1 is 0.312 bits per heavy atom. The van der Waals surface area contributed by atoms with E-state index in [0.29, 0.717) is 0 Å². The number of fused-ring (bicyclic) bond motifs is 16. The Kier molecular flexibility index (Phi) is 7.32. The Balaban J connectivity index is 0.961. The normalized spacial score (nSPS) is 13.1. The molecule has 3 nitrogen and oxygen atoms in total. The Labute approximate surface area is 369 Å². The molecule has 0 bridgehead atoms. The molecule has 3 heteroatoms. The molecule has 0 fully saturated rings. The lowest BCUT2D eigenvalue weighted by Gasteiger charge is -2.32. The van der Waals surface area contributed by atoms with E-state index in [-0.39, 0.29) is 0 Å². The van der Waals surface area contributed by atoms with Crippen molar-refractivity contribution in [2.24, 2.45) is 0 Å². The molecular weight excluding hydrogens is 779 g/mol. The summed E-state index contributed by atoms with van der Waals surface area (Å²) in [7, 11) is 0. The second kappa shape index (κ2) is 13.3. The average Bonchev–Trinajstić information content (AvgIpc) is 4.10. The summed E-state index contributed by atoms with van der Waals surface area (Å²) < 4.78 is 13.1. The smallest absolute Gasteiger partial charge is 0.143 e. The van der Waals surface area contributed by atoms with E-state index in [4.69, 9.17) is 8.83 Å². The fourth-order valence-electron chi connectivity index (χ4n) is 11.2. The van der Waals surface area contributed by atoms with Gasteiger partial charge in [0.15, 0.2) is 0 Å². The molecule has 0 saturated carbocycles. The molecule has 2 aliphatic rings. The predicted octanol–water partition coefficient (Wildman–Crippen LogP) is 16.6. The number of furan rings is 2. The van der Waals surface area contributed by atoms with E-state index in [2.05, 4.69) is 217 Å². The molecular formula is C61H37NO2. The van der Waals surface area contributed by atoms with Crippen molar-refractivity contribution in [2.75, 3.05) is 4.90 Å². The molecule has 0 atom stereocenters. The van der Waals surface area contributed by atoms with Gasteiger partial charge in [0.1, 0.15) is 22.3 Å². The van der Waals surface area contributed by atoms with E-state index in [9.17, 15) is 0 Å². The van der Waals surface area contributed by atoms with Gasteiger partial charge in [0.05, 0.1) is 16.5 Å². The minimum absolute atomic E-state index is 0.462. The third-order valence-electron chi connectivity index (χ3n) is 13.9. The van der Waals surface area contributed by atoms with Crippen LogP contribution in [0.5, 0.6) is 0 Å². The van der Waals surface area contributed by atoms with Gasteiger partial charge in [0.2, 0.25) is 0 Å². The lowest BCUT2D eigenvalue weighted by molar-refractivity contribution is 0.669. The first-order chi connectivity index (χ1) is 31.7. The third-order valence-corrected chi connectivity index (χ3v) is 13.9. The number of para-hydroxylation sites is 2. The van der Waals surface area contributed by atoms with Gasteiger partial charge in [-0.1, -0.05) is 170 Å². The highest BCUT2D eigenvalue weighted by atomic mass is 16.3. The largest absolute Gasteiger partial charge is 0.456 e. The number of rotatable bonds is 5. The van der Waals surface area contributed by atoms with Gasteiger partial charge in [-0.15, -0.1) is 0 Å². The highest BCUT2D eigenvalue weighted by Gasteiger charge is 2.51. The van der Waals surface area contributed by atoms with E-state index >= 15 is 0 Å². The van der Waals surface area contributed by atoms with Gasteiger partial charge in [-0.3, -0.25) is 0 Å². The summed E-state index contributed by atoms with van der Waals surface area (Å²) in [5.41, 5.74) is 21.2. The molecule has 0 N–H and O–H groups in total. The Morgan fingerprint density at radius 2 is 0.875 bits per heavy atom. The fraction of sp³-hybridized carbons (Fsp3) is 0.0164. The van der Waals surface area contributed by atoms with Gasteiger partial charge in [-0.25, -0.2) is 0 Å². The van der Waals surface area contributed by atoms with Gasteiger partial charge in [0, 0.05) is 33.1 Å². The first-order valence-corrected chi connectivity index (χ1v) is 22.0. The SMILES string of the molecule is c1ccc(-c2cccc3c2oc2ccc(-c4ccc(N(c5ccc6c(c5)C5(c7ccccc7-c7ccccc75)c5ccccc5-6)c5cccc6oc7ccccc7c56)cc4)cc23)cc1. The van der Waals surface area contributed by atoms with Crippen molar-refractivity contribution < 1.29 is 8.83 Å². The monoisotopic (exact) mass is 815 g/mol. The quantitative estimate of drug-likeness (QED) is 0.173. The van der Waals surface area contributed by atoms with E-state index in [1.165, 1.54) is 44.5 Å². The van der Waals surface area contributed by atoms with Gasteiger partial charge in [-0.2, -0.15) is 0 Å². The van der Waals surface area contributed by atoms with Crippen molar-refractivity contribution in [2.45, 2.75) is 5.41 Å². The first kappa shape index (κ1) is 35.2. The maximum atomic E-state index is 6.55. The molecule has 12 aromatic rings.